The summed E-state index contributed by atoms with van der Waals surface area (Å²) < 4.78 is 26.6. The molecule has 1 rings (SSSR count). The fourth-order valence-electron chi connectivity index (χ4n) is 0.795. The minimum atomic E-state index is -3.07. The largest absolute Gasteiger partial charge is 0.339 e. The summed E-state index contributed by atoms with van der Waals surface area (Å²) in [6.45, 7) is 3.80. The summed E-state index contributed by atoms with van der Waals surface area (Å²) in [5.74, 6) is 0.661. The number of hydrogen-bond donors (Lipinski definition) is 0. The second-order valence-electron chi connectivity index (χ2n) is 3.27. The van der Waals surface area contributed by atoms with Gasteiger partial charge in [-0.05, 0) is 0 Å². The lowest BCUT2D eigenvalue weighted by Gasteiger charge is -1.92. The van der Waals surface area contributed by atoms with Gasteiger partial charge in [0.1, 0.15) is 5.75 Å². The maximum absolute atomic E-state index is 10.9. The van der Waals surface area contributed by atoms with Crippen molar-refractivity contribution in [2.75, 3.05) is 6.26 Å². The molecule has 0 unspecified atom stereocenters. The molecule has 5 nitrogen and oxygen atoms in total. The maximum atomic E-state index is 10.9. The van der Waals surface area contributed by atoms with Crippen molar-refractivity contribution < 1.29 is 12.9 Å². The number of aromatic nitrogens is 2. The van der Waals surface area contributed by atoms with Crippen LogP contribution >= 0.6 is 0 Å². The summed E-state index contributed by atoms with van der Waals surface area (Å²) in [5.41, 5.74) is 0. The van der Waals surface area contributed by atoms with Crippen molar-refractivity contribution in [2.24, 2.45) is 0 Å². The van der Waals surface area contributed by atoms with Gasteiger partial charge in [-0.2, -0.15) is 4.98 Å². The maximum Gasteiger partial charge on any atom is 0.229 e. The first-order valence-corrected chi connectivity index (χ1v) is 5.95. The van der Waals surface area contributed by atoms with Crippen LogP contribution in [0.15, 0.2) is 4.52 Å². The van der Waals surface area contributed by atoms with Crippen LogP contribution in [0.4, 0.5) is 0 Å². The first-order valence-electron chi connectivity index (χ1n) is 3.88. The highest BCUT2D eigenvalue weighted by molar-refractivity contribution is 7.89. The number of sulfone groups is 1. The molecule has 0 spiro atoms. The Morgan fingerprint density at radius 2 is 2.08 bits per heavy atom. The average Bonchev–Trinajstić information content (AvgIpc) is 2.31. The molecule has 0 aliphatic heterocycles. The number of nitrogens with zero attached hydrogens (tertiary/aromatic N) is 2. The van der Waals surface area contributed by atoms with E-state index in [1.54, 1.807) is 0 Å². The van der Waals surface area contributed by atoms with E-state index < -0.39 is 9.84 Å². The number of rotatable bonds is 3. The van der Waals surface area contributed by atoms with Crippen LogP contribution in [0, 0.1) is 0 Å². The third kappa shape index (κ3) is 3.14. The van der Waals surface area contributed by atoms with E-state index in [0.29, 0.717) is 5.89 Å². The van der Waals surface area contributed by atoms with Gasteiger partial charge in [-0.25, -0.2) is 8.42 Å². The van der Waals surface area contributed by atoms with Crippen molar-refractivity contribution in [1.29, 1.82) is 0 Å². The topological polar surface area (TPSA) is 73.1 Å². The molecule has 0 saturated carbocycles. The zero-order valence-electron chi connectivity index (χ0n) is 7.81. The van der Waals surface area contributed by atoms with Gasteiger partial charge in [-0.3, -0.25) is 0 Å². The summed E-state index contributed by atoms with van der Waals surface area (Å²) in [5, 5.41) is 3.56. The van der Waals surface area contributed by atoms with Crippen LogP contribution in [-0.2, 0) is 15.6 Å². The second kappa shape index (κ2) is 3.45. The van der Waals surface area contributed by atoms with Crippen LogP contribution in [0.2, 0.25) is 0 Å². The number of hydrogen-bond acceptors (Lipinski definition) is 5. The molecule has 13 heavy (non-hydrogen) atoms. The van der Waals surface area contributed by atoms with Crippen molar-refractivity contribution >= 4 is 9.84 Å². The third-order valence-corrected chi connectivity index (χ3v) is 2.15. The average molecular weight is 204 g/mol. The van der Waals surface area contributed by atoms with Gasteiger partial charge in [-0.15, -0.1) is 0 Å². The molecule has 0 radical (unpaired) electrons. The predicted molar refractivity (Wildman–Crippen MR) is 46.9 cm³/mol. The highest BCUT2D eigenvalue weighted by atomic mass is 32.2. The van der Waals surface area contributed by atoms with Crippen molar-refractivity contribution in [3.63, 3.8) is 0 Å². The van der Waals surface area contributed by atoms with Gasteiger partial charge in [0.25, 0.3) is 0 Å². The molecule has 1 aromatic rings. The Kier molecular flexibility index (Phi) is 2.70. The van der Waals surface area contributed by atoms with Crippen LogP contribution in [0.25, 0.3) is 0 Å². The lowest BCUT2D eigenvalue weighted by molar-refractivity contribution is 0.361. The molecule has 0 aromatic carbocycles. The van der Waals surface area contributed by atoms with E-state index in [2.05, 4.69) is 10.1 Å². The molecule has 1 aromatic heterocycles. The molecule has 0 N–H and O–H groups in total. The Labute approximate surface area is 77.1 Å². The molecule has 0 aliphatic carbocycles. The summed E-state index contributed by atoms with van der Waals surface area (Å²) in [7, 11) is -3.07. The van der Waals surface area contributed by atoms with E-state index in [0.717, 1.165) is 6.26 Å². The standard InChI is InChI=1S/C7H12N2O3S/c1-5(2)7-8-6(9-12-7)4-13(3,10)11/h5H,4H2,1-3H3. The first-order chi connectivity index (χ1) is 5.88. The van der Waals surface area contributed by atoms with Crippen LogP contribution in [-0.4, -0.2) is 24.8 Å². The van der Waals surface area contributed by atoms with Crippen molar-refractivity contribution in [2.45, 2.75) is 25.5 Å². The Hall–Kier alpha value is -0.910. The highest BCUT2D eigenvalue weighted by Gasteiger charge is 2.13. The SMILES string of the molecule is CC(C)c1nc(CS(C)(=O)=O)no1. The smallest absolute Gasteiger partial charge is 0.229 e. The van der Waals surface area contributed by atoms with E-state index in [-0.39, 0.29) is 17.5 Å². The molecule has 0 atom stereocenters. The Balaban J connectivity index is 2.81. The van der Waals surface area contributed by atoms with Gasteiger partial charge < -0.3 is 4.52 Å². The lowest BCUT2D eigenvalue weighted by atomic mass is 10.2. The highest BCUT2D eigenvalue weighted by Crippen LogP contribution is 2.11. The summed E-state index contributed by atoms with van der Waals surface area (Å²) >= 11 is 0. The molecule has 6 heteroatoms. The molecule has 0 amide bonds. The Bertz CT molecular complexity index is 380. The molecule has 0 aliphatic rings. The molecule has 0 fully saturated rings. The van der Waals surface area contributed by atoms with Gasteiger partial charge >= 0.3 is 0 Å². The zero-order chi connectivity index (χ0) is 10.1. The normalized spacial score (nSPS) is 12.3. The van der Waals surface area contributed by atoms with E-state index in [9.17, 15) is 8.42 Å². The molecule has 74 valence electrons. The van der Waals surface area contributed by atoms with Crippen molar-refractivity contribution in [1.82, 2.24) is 10.1 Å². The molecular weight excluding hydrogens is 192 g/mol. The summed E-state index contributed by atoms with van der Waals surface area (Å²) in [6.07, 6.45) is 1.14. The van der Waals surface area contributed by atoms with Gasteiger partial charge in [0.2, 0.25) is 5.89 Å². The van der Waals surface area contributed by atoms with Crippen LogP contribution < -0.4 is 0 Å². The molecular formula is C7H12N2O3S. The Morgan fingerprint density at radius 3 is 2.46 bits per heavy atom. The predicted octanol–water partition coefficient (Wildman–Crippen LogP) is 0.738. The van der Waals surface area contributed by atoms with E-state index in [1.165, 1.54) is 0 Å². The van der Waals surface area contributed by atoms with E-state index in [1.807, 2.05) is 13.8 Å². The summed E-state index contributed by atoms with van der Waals surface area (Å²) in [6, 6.07) is 0. The molecule has 0 bridgehead atoms. The minimum absolute atomic E-state index is 0.126. The third-order valence-electron chi connectivity index (χ3n) is 1.37. The van der Waals surface area contributed by atoms with Crippen LogP contribution in [0.1, 0.15) is 31.5 Å². The fraction of sp³-hybridized carbons (Fsp3) is 0.714. The molecule has 1 heterocycles. The molecule has 0 saturated heterocycles. The van der Waals surface area contributed by atoms with Crippen LogP contribution in [0.3, 0.4) is 0 Å². The summed E-state index contributed by atoms with van der Waals surface area (Å²) in [4.78, 5) is 3.94. The lowest BCUT2D eigenvalue weighted by Crippen LogP contribution is -2.02. The minimum Gasteiger partial charge on any atom is -0.339 e. The van der Waals surface area contributed by atoms with Gasteiger partial charge in [0.15, 0.2) is 15.7 Å². The quantitative estimate of drug-likeness (QED) is 0.726. The Morgan fingerprint density at radius 1 is 1.46 bits per heavy atom. The zero-order valence-corrected chi connectivity index (χ0v) is 8.63. The fourth-order valence-corrected chi connectivity index (χ4v) is 1.38. The van der Waals surface area contributed by atoms with Crippen LogP contribution in [0.5, 0.6) is 0 Å². The van der Waals surface area contributed by atoms with Gasteiger partial charge in [-0.1, -0.05) is 19.0 Å². The van der Waals surface area contributed by atoms with E-state index in [4.69, 9.17) is 4.52 Å². The van der Waals surface area contributed by atoms with Crippen molar-refractivity contribution in [3.05, 3.63) is 11.7 Å². The van der Waals surface area contributed by atoms with E-state index >= 15 is 0 Å². The van der Waals surface area contributed by atoms with Crippen molar-refractivity contribution in [3.8, 4) is 0 Å². The second-order valence-corrected chi connectivity index (χ2v) is 5.41. The monoisotopic (exact) mass is 204 g/mol. The first kappa shape index (κ1) is 10.2. The van der Waals surface area contributed by atoms with Gasteiger partial charge in [0, 0.05) is 12.2 Å². The van der Waals surface area contributed by atoms with Gasteiger partial charge in [0.05, 0.1) is 0 Å².